The van der Waals surface area contributed by atoms with Gasteiger partial charge in [0.2, 0.25) is 0 Å². The number of hydrogen-bond donors (Lipinski definition) is 1. The predicted octanol–water partition coefficient (Wildman–Crippen LogP) is 2.44. The molecule has 2 aliphatic rings. The number of rotatable bonds is 4. The lowest BCUT2D eigenvalue weighted by atomic mass is 9.92. The highest BCUT2D eigenvalue weighted by Gasteiger charge is 2.23. The van der Waals surface area contributed by atoms with Crippen molar-refractivity contribution in [2.45, 2.75) is 44.9 Å². The minimum absolute atomic E-state index is 0.666. The Labute approximate surface area is 122 Å². The molecule has 1 atom stereocenters. The van der Waals surface area contributed by atoms with Crippen LogP contribution in [0.5, 0.6) is 0 Å². The molecular weight excluding hydrogens is 268 g/mol. The Bertz CT molecular complexity index is 610. The van der Waals surface area contributed by atoms with Gasteiger partial charge in [0.05, 0.1) is 6.54 Å². The fourth-order valence-corrected chi connectivity index (χ4v) is 4.20. The van der Waals surface area contributed by atoms with Gasteiger partial charge in [0.25, 0.3) is 0 Å². The van der Waals surface area contributed by atoms with E-state index in [0.29, 0.717) is 6.54 Å². The maximum Gasteiger partial charge on any atom is 0.104 e. The first-order chi connectivity index (χ1) is 9.61. The standard InChI is InChI=1S/C16H24N2OS/c1-17-20(2,19)18-10-9-16-14-7-3-5-12(14)11-13-6-4-8-15(13)16/h11H,3-10H2,1-2H3,(H,17,18,19). The summed E-state index contributed by atoms with van der Waals surface area (Å²) in [7, 11) is -0.481. The maximum absolute atomic E-state index is 11.9. The molecule has 0 fully saturated rings. The average molecular weight is 292 g/mol. The van der Waals surface area contributed by atoms with Gasteiger partial charge in [0.15, 0.2) is 0 Å². The number of hydrogen-bond acceptors (Lipinski definition) is 2. The Morgan fingerprint density at radius 2 is 1.75 bits per heavy atom. The van der Waals surface area contributed by atoms with Crippen LogP contribution in [0.3, 0.4) is 0 Å². The van der Waals surface area contributed by atoms with Gasteiger partial charge in [-0.1, -0.05) is 6.07 Å². The SMILES string of the molecule is CNS(C)(=O)=NCCc1c2c(cc3c1CCC3)CCC2. The van der Waals surface area contributed by atoms with E-state index >= 15 is 0 Å². The molecular formula is C16H24N2OS. The first kappa shape index (κ1) is 14.1. The lowest BCUT2D eigenvalue weighted by molar-refractivity contribution is 0.672. The zero-order valence-electron chi connectivity index (χ0n) is 12.5. The van der Waals surface area contributed by atoms with Crippen LogP contribution in [0.2, 0.25) is 0 Å². The van der Waals surface area contributed by atoms with Crippen molar-refractivity contribution in [2.75, 3.05) is 19.8 Å². The average Bonchev–Trinajstić information content (AvgIpc) is 3.05. The zero-order chi connectivity index (χ0) is 14.2. The molecule has 3 nitrogen and oxygen atoms in total. The van der Waals surface area contributed by atoms with E-state index in [4.69, 9.17) is 0 Å². The van der Waals surface area contributed by atoms with Crippen molar-refractivity contribution in [1.82, 2.24) is 4.72 Å². The van der Waals surface area contributed by atoms with E-state index in [9.17, 15) is 4.21 Å². The summed E-state index contributed by atoms with van der Waals surface area (Å²) in [6.07, 6.45) is 10.2. The van der Waals surface area contributed by atoms with Gasteiger partial charge in [0.1, 0.15) is 9.92 Å². The molecule has 0 saturated heterocycles. The van der Waals surface area contributed by atoms with E-state index < -0.39 is 9.92 Å². The van der Waals surface area contributed by atoms with Gasteiger partial charge in [-0.3, -0.25) is 0 Å². The largest absolute Gasteiger partial charge is 0.235 e. The van der Waals surface area contributed by atoms with Gasteiger partial charge >= 0.3 is 0 Å². The monoisotopic (exact) mass is 292 g/mol. The first-order valence-electron chi connectivity index (χ1n) is 7.62. The van der Waals surface area contributed by atoms with Crippen LogP contribution in [0, 0.1) is 0 Å². The van der Waals surface area contributed by atoms with Gasteiger partial charge in [-0.2, -0.15) is 0 Å². The summed E-state index contributed by atoms with van der Waals surface area (Å²) < 4.78 is 19.1. The third-order valence-electron chi connectivity index (χ3n) is 4.68. The molecule has 0 spiro atoms. The quantitative estimate of drug-likeness (QED) is 0.910. The molecule has 0 radical (unpaired) electrons. The Balaban J connectivity index is 1.90. The summed E-state index contributed by atoms with van der Waals surface area (Å²) in [5.41, 5.74) is 7.88. The number of aryl methyl sites for hydroxylation is 2. The summed E-state index contributed by atoms with van der Waals surface area (Å²) in [6, 6.07) is 2.46. The van der Waals surface area contributed by atoms with Crippen LogP contribution < -0.4 is 4.72 Å². The summed E-state index contributed by atoms with van der Waals surface area (Å²) in [6.45, 7) is 0.666. The summed E-state index contributed by atoms with van der Waals surface area (Å²) >= 11 is 0. The van der Waals surface area contributed by atoms with Gasteiger partial charge in [-0.25, -0.2) is 13.3 Å². The summed E-state index contributed by atoms with van der Waals surface area (Å²) in [5.74, 6) is 0. The third-order valence-corrected chi connectivity index (χ3v) is 6.11. The number of nitrogens with zero attached hydrogens (tertiary/aromatic N) is 1. The molecule has 3 rings (SSSR count). The van der Waals surface area contributed by atoms with Crippen LogP contribution in [-0.2, 0) is 42.0 Å². The van der Waals surface area contributed by atoms with Crippen molar-refractivity contribution in [3.63, 3.8) is 0 Å². The fourth-order valence-electron chi connectivity index (χ4n) is 3.63. The predicted molar refractivity (Wildman–Crippen MR) is 84.6 cm³/mol. The van der Waals surface area contributed by atoms with Gasteiger partial charge in [-0.05, 0) is 79.8 Å². The number of nitrogens with one attached hydrogen (secondary N) is 1. The number of benzene rings is 1. The van der Waals surface area contributed by atoms with Crippen LogP contribution in [0.1, 0.15) is 40.7 Å². The fraction of sp³-hybridized carbons (Fsp3) is 0.625. The second kappa shape index (κ2) is 5.49. The normalized spacial score (nSPS) is 19.5. The van der Waals surface area contributed by atoms with Crippen molar-refractivity contribution in [1.29, 1.82) is 0 Å². The molecule has 0 aromatic heterocycles. The molecule has 1 N–H and O–H groups in total. The van der Waals surface area contributed by atoms with Crippen LogP contribution in [0.15, 0.2) is 10.4 Å². The second-order valence-corrected chi connectivity index (χ2v) is 8.22. The Kier molecular flexibility index (Phi) is 3.87. The van der Waals surface area contributed by atoms with Gasteiger partial charge in [0, 0.05) is 6.26 Å². The molecule has 0 heterocycles. The molecule has 1 aromatic carbocycles. The minimum atomic E-state index is -2.19. The topological polar surface area (TPSA) is 41.5 Å². The molecule has 4 heteroatoms. The van der Waals surface area contributed by atoms with E-state index in [1.807, 2.05) is 0 Å². The Morgan fingerprint density at radius 1 is 1.15 bits per heavy atom. The highest BCUT2D eigenvalue weighted by molar-refractivity contribution is 7.91. The summed E-state index contributed by atoms with van der Waals surface area (Å²) in [5, 5.41) is 0. The number of fused-ring (bicyclic) bond motifs is 2. The molecule has 20 heavy (non-hydrogen) atoms. The van der Waals surface area contributed by atoms with E-state index in [0.717, 1.165) is 6.42 Å². The highest BCUT2D eigenvalue weighted by atomic mass is 32.2. The van der Waals surface area contributed by atoms with Crippen molar-refractivity contribution in [3.8, 4) is 0 Å². The molecule has 0 saturated carbocycles. The molecule has 1 unspecified atom stereocenters. The molecule has 0 bridgehead atoms. The molecule has 1 aromatic rings. The van der Waals surface area contributed by atoms with Crippen molar-refractivity contribution in [3.05, 3.63) is 33.9 Å². The molecule has 2 aliphatic carbocycles. The van der Waals surface area contributed by atoms with Crippen LogP contribution in [0.4, 0.5) is 0 Å². The zero-order valence-corrected chi connectivity index (χ0v) is 13.3. The third kappa shape index (κ3) is 2.63. The Morgan fingerprint density at radius 3 is 2.30 bits per heavy atom. The van der Waals surface area contributed by atoms with Crippen LogP contribution >= 0.6 is 0 Å². The van der Waals surface area contributed by atoms with E-state index in [-0.39, 0.29) is 0 Å². The summed E-state index contributed by atoms with van der Waals surface area (Å²) in [4.78, 5) is 0. The first-order valence-corrected chi connectivity index (χ1v) is 9.55. The Hall–Kier alpha value is -0.870. The van der Waals surface area contributed by atoms with Crippen LogP contribution in [0.25, 0.3) is 0 Å². The van der Waals surface area contributed by atoms with Gasteiger partial charge in [-0.15, -0.1) is 0 Å². The molecule has 0 aliphatic heterocycles. The lowest BCUT2D eigenvalue weighted by Crippen LogP contribution is -2.17. The van der Waals surface area contributed by atoms with E-state index in [2.05, 4.69) is 15.2 Å². The van der Waals surface area contributed by atoms with Crippen molar-refractivity contribution < 1.29 is 4.21 Å². The smallest absolute Gasteiger partial charge is 0.104 e. The second-order valence-electron chi connectivity index (χ2n) is 5.95. The minimum Gasteiger partial charge on any atom is -0.235 e. The van der Waals surface area contributed by atoms with E-state index in [1.54, 1.807) is 41.1 Å². The van der Waals surface area contributed by atoms with Crippen molar-refractivity contribution >= 4 is 9.92 Å². The maximum atomic E-state index is 11.9. The van der Waals surface area contributed by atoms with Gasteiger partial charge < -0.3 is 0 Å². The lowest BCUT2D eigenvalue weighted by Gasteiger charge is -2.14. The van der Waals surface area contributed by atoms with Crippen LogP contribution in [-0.4, -0.2) is 24.1 Å². The highest BCUT2D eigenvalue weighted by Crippen LogP contribution is 2.35. The van der Waals surface area contributed by atoms with E-state index in [1.165, 1.54) is 38.5 Å². The molecule has 0 amide bonds. The van der Waals surface area contributed by atoms with Crippen molar-refractivity contribution in [2.24, 2.45) is 4.36 Å². The molecule has 110 valence electrons.